The van der Waals surface area contributed by atoms with E-state index in [2.05, 4.69) is 26.5 Å². The van der Waals surface area contributed by atoms with Gasteiger partial charge in [0.05, 0.1) is 6.07 Å². The zero-order chi connectivity index (χ0) is 7.28. The van der Waals surface area contributed by atoms with E-state index in [4.69, 9.17) is 5.26 Å². The van der Waals surface area contributed by atoms with Gasteiger partial charge < -0.3 is 0 Å². The Morgan fingerprint density at radius 2 is 2.22 bits per heavy atom. The first kappa shape index (κ1) is 8.23. The molecule has 0 bridgehead atoms. The van der Waals surface area contributed by atoms with Crippen LogP contribution in [0.3, 0.4) is 0 Å². The molecule has 0 spiro atoms. The predicted octanol–water partition coefficient (Wildman–Crippen LogP) is 2.36. The molecule has 0 N–H and O–H groups in total. The monoisotopic (exact) mass is 123 g/mol. The molecular weight excluding hydrogens is 110 g/mol. The minimum absolute atomic E-state index is 0.451. The standard InChI is InChI=1S/C8H13N/c1-4-7(2)8(3)5-6-9/h4,7-8H,1,5H2,2-3H3/t7-,8+/m1/s1. The molecule has 0 saturated heterocycles. The van der Waals surface area contributed by atoms with Gasteiger partial charge in [0.25, 0.3) is 0 Å². The van der Waals surface area contributed by atoms with E-state index in [0.717, 1.165) is 0 Å². The van der Waals surface area contributed by atoms with E-state index in [0.29, 0.717) is 18.3 Å². The first-order valence-corrected chi connectivity index (χ1v) is 3.22. The second-order valence-electron chi connectivity index (χ2n) is 2.43. The third-order valence-corrected chi connectivity index (χ3v) is 1.68. The van der Waals surface area contributed by atoms with Crippen molar-refractivity contribution in [3.05, 3.63) is 12.7 Å². The highest BCUT2D eigenvalue weighted by atomic mass is 14.2. The summed E-state index contributed by atoms with van der Waals surface area (Å²) in [7, 11) is 0. The van der Waals surface area contributed by atoms with Crippen LogP contribution in [0.5, 0.6) is 0 Å². The van der Waals surface area contributed by atoms with Crippen LogP contribution in [0.1, 0.15) is 20.3 Å². The van der Waals surface area contributed by atoms with Crippen molar-refractivity contribution in [2.45, 2.75) is 20.3 Å². The summed E-state index contributed by atoms with van der Waals surface area (Å²) in [4.78, 5) is 0. The number of rotatable bonds is 3. The van der Waals surface area contributed by atoms with Crippen LogP contribution in [0.4, 0.5) is 0 Å². The summed E-state index contributed by atoms with van der Waals surface area (Å²) in [5.41, 5.74) is 0. The first-order chi connectivity index (χ1) is 4.22. The summed E-state index contributed by atoms with van der Waals surface area (Å²) in [6.45, 7) is 7.80. The maximum atomic E-state index is 8.30. The summed E-state index contributed by atoms with van der Waals surface area (Å²) in [5.74, 6) is 0.914. The molecule has 0 aliphatic rings. The Bertz CT molecular complexity index is 121. The molecule has 0 saturated carbocycles. The zero-order valence-corrected chi connectivity index (χ0v) is 6.09. The molecule has 0 radical (unpaired) electrons. The van der Waals surface area contributed by atoms with Crippen molar-refractivity contribution >= 4 is 0 Å². The summed E-state index contributed by atoms with van der Waals surface area (Å²) in [5, 5.41) is 8.30. The van der Waals surface area contributed by atoms with Gasteiger partial charge in [-0.05, 0) is 11.8 Å². The molecular formula is C8H13N. The quantitative estimate of drug-likeness (QED) is 0.528. The summed E-state index contributed by atoms with van der Waals surface area (Å²) in [6.07, 6.45) is 2.52. The Morgan fingerprint density at radius 1 is 1.67 bits per heavy atom. The van der Waals surface area contributed by atoms with Gasteiger partial charge in [-0.25, -0.2) is 0 Å². The van der Waals surface area contributed by atoms with Crippen LogP contribution in [0.15, 0.2) is 12.7 Å². The van der Waals surface area contributed by atoms with E-state index in [1.807, 2.05) is 6.08 Å². The Balaban J connectivity index is 3.60. The second-order valence-corrected chi connectivity index (χ2v) is 2.43. The lowest BCUT2D eigenvalue weighted by molar-refractivity contribution is 0.470. The molecule has 50 valence electrons. The molecule has 0 aliphatic heterocycles. The van der Waals surface area contributed by atoms with Crippen LogP contribution >= 0.6 is 0 Å². The number of nitriles is 1. The van der Waals surface area contributed by atoms with Crippen LogP contribution in [0.25, 0.3) is 0 Å². The van der Waals surface area contributed by atoms with Crippen molar-refractivity contribution in [3.63, 3.8) is 0 Å². The fraction of sp³-hybridized carbons (Fsp3) is 0.625. The van der Waals surface area contributed by atoms with Gasteiger partial charge in [0.2, 0.25) is 0 Å². The number of nitrogens with zero attached hydrogens (tertiary/aromatic N) is 1. The molecule has 9 heavy (non-hydrogen) atoms. The second kappa shape index (κ2) is 4.14. The van der Waals surface area contributed by atoms with Crippen LogP contribution in [0.2, 0.25) is 0 Å². The van der Waals surface area contributed by atoms with E-state index in [-0.39, 0.29) is 0 Å². The molecule has 0 aromatic heterocycles. The van der Waals surface area contributed by atoms with Crippen molar-refractivity contribution in [2.24, 2.45) is 11.8 Å². The fourth-order valence-corrected chi connectivity index (χ4v) is 0.562. The van der Waals surface area contributed by atoms with E-state index in [9.17, 15) is 0 Å². The van der Waals surface area contributed by atoms with Crippen LogP contribution in [-0.2, 0) is 0 Å². The zero-order valence-electron chi connectivity index (χ0n) is 6.09. The highest BCUT2D eigenvalue weighted by molar-refractivity contribution is 4.84. The van der Waals surface area contributed by atoms with Gasteiger partial charge in [-0.15, -0.1) is 6.58 Å². The van der Waals surface area contributed by atoms with Gasteiger partial charge in [-0.2, -0.15) is 5.26 Å². The van der Waals surface area contributed by atoms with Crippen molar-refractivity contribution in [2.75, 3.05) is 0 Å². The Kier molecular flexibility index (Phi) is 3.79. The first-order valence-electron chi connectivity index (χ1n) is 3.22. The van der Waals surface area contributed by atoms with Gasteiger partial charge in [-0.3, -0.25) is 0 Å². The van der Waals surface area contributed by atoms with Gasteiger partial charge in [0, 0.05) is 6.42 Å². The summed E-state index contributed by atoms with van der Waals surface area (Å²) < 4.78 is 0. The molecule has 0 rings (SSSR count). The van der Waals surface area contributed by atoms with Crippen molar-refractivity contribution in [1.29, 1.82) is 5.26 Å². The SMILES string of the molecule is C=C[C@@H](C)[C@@H](C)CC#N. The Morgan fingerprint density at radius 3 is 2.56 bits per heavy atom. The maximum absolute atomic E-state index is 8.30. The lowest BCUT2D eigenvalue weighted by Gasteiger charge is -2.10. The van der Waals surface area contributed by atoms with Crippen molar-refractivity contribution in [3.8, 4) is 6.07 Å². The number of allylic oxidation sites excluding steroid dienone is 1. The lowest BCUT2D eigenvalue weighted by Crippen LogP contribution is -2.02. The number of hydrogen-bond donors (Lipinski definition) is 0. The predicted molar refractivity (Wildman–Crippen MR) is 38.8 cm³/mol. The van der Waals surface area contributed by atoms with Crippen molar-refractivity contribution < 1.29 is 0 Å². The van der Waals surface area contributed by atoms with Crippen LogP contribution in [-0.4, -0.2) is 0 Å². The number of hydrogen-bond acceptors (Lipinski definition) is 1. The summed E-state index contributed by atoms with van der Waals surface area (Å²) >= 11 is 0. The van der Waals surface area contributed by atoms with E-state index in [1.54, 1.807) is 0 Å². The lowest BCUT2D eigenvalue weighted by atomic mass is 9.94. The van der Waals surface area contributed by atoms with Crippen molar-refractivity contribution in [1.82, 2.24) is 0 Å². The fourth-order valence-electron chi connectivity index (χ4n) is 0.562. The van der Waals surface area contributed by atoms with Gasteiger partial charge in [-0.1, -0.05) is 19.9 Å². The largest absolute Gasteiger partial charge is 0.198 e. The van der Waals surface area contributed by atoms with Crippen LogP contribution < -0.4 is 0 Å². The molecule has 0 aromatic carbocycles. The maximum Gasteiger partial charge on any atom is 0.0624 e. The van der Waals surface area contributed by atoms with Gasteiger partial charge >= 0.3 is 0 Å². The molecule has 0 unspecified atom stereocenters. The normalized spacial score (nSPS) is 15.7. The molecule has 0 aromatic rings. The molecule has 1 heteroatoms. The minimum Gasteiger partial charge on any atom is -0.198 e. The van der Waals surface area contributed by atoms with Gasteiger partial charge in [0.15, 0.2) is 0 Å². The highest BCUT2D eigenvalue weighted by Crippen LogP contribution is 2.14. The molecule has 1 nitrogen and oxygen atoms in total. The van der Waals surface area contributed by atoms with Crippen LogP contribution in [0, 0.1) is 23.2 Å². The smallest absolute Gasteiger partial charge is 0.0624 e. The highest BCUT2D eigenvalue weighted by Gasteiger charge is 2.06. The molecule has 0 fully saturated rings. The molecule has 0 aliphatic carbocycles. The van der Waals surface area contributed by atoms with Gasteiger partial charge in [0.1, 0.15) is 0 Å². The third kappa shape index (κ3) is 2.92. The molecule has 0 amide bonds. The molecule has 2 atom stereocenters. The van der Waals surface area contributed by atoms with E-state index < -0.39 is 0 Å². The minimum atomic E-state index is 0.451. The van der Waals surface area contributed by atoms with E-state index in [1.165, 1.54) is 0 Å². The molecule has 0 heterocycles. The third-order valence-electron chi connectivity index (χ3n) is 1.68. The van der Waals surface area contributed by atoms with E-state index >= 15 is 0 Å². The average Bonchev–Trinajstić information content (AvgIpc) is 1.87. The Labute approximate surface area is 57.0 Å². The Hall–Kier alpha value is -0.770. The average molecular weight is 123 g/mol. The summed E-state index contributed by atoms with van der Waals surface area (Å²) in [6, 6.07) is 2.13. The topological polar surface area (TPSA) is 23.8 Å².